The summed E-state index contributed by atoms with van der Waals surface area (Å²) >= 11 is 6.31. The Morgan fingerprint density at radius 1 is 1.03 bits per heavy atom. The topological polar surface area (TPSA) is 80.8 Å². The number of aromatic nitrogens is 1. The van der Waals surface area contributed by atoms with E-state index in [-0.39, 0.29) is 12.5 Å². The molecule has 0 spiro atoms. The molecular weight excluding hydrogens is 440 g/mol. The van der Waals surface area contributed by atoms with Gasteiger partial charge < -0.3 is 20.1 Å². The quantitative estimate of drug-likeness (QED) is 0.443. The first kappa shape index (κ1) is 22.4. The number of hydrogen-bond acceptors (Lipinski definition) is 5. The number of nitrogens with zero attached hydrogens (tertiary/aromatic N) is 2. The Morgan fingerprint density at radius 2 is 1.85 bits per heavy atom. The maximum atomic E-state index is 12.4. The first-order valence-electron chi connectivity index (χ1n) is 11.5. The number of rotatable bonds is 8. The molecule has 5 rings (SSSR count). The molecule has 3 aromatic rings. The van der Waals surface area contributed by atoms with E-state index in [1.165, 1.54) is 5.56 Å². The van der Waals surface area contributed by atoms with Crippen LogP contribution in [0.15, 0.2) is 36.4 Å². The van der Waals surface area contributed by atoms with Crippen molar-refractivity contribution in [3.8, 4) is 11.3 Å². The maximum Gasteiger partial charge on any atom is 0.252 e. The SMILES string of the molecule is O=C1NCc2c(Cl)ccc(-c3cc4cc(CN5CCN(CCOCCO)CC5)ccc4[nH]3)c21. The highest BCUT2D eigenvalue weighted by Gasteiger charge is 2.26. The van der Waals surface area contributed by atoms with Crippen molar-refractivity contribution >= 4 is 28.4 Å². The van der Waals surface area contributed by atoms with Crippen molar-refractivity contribution < 1.29 is 14.6 Å². The second-order valence-corrected chi connectivity index (χ2v) is 9.10. The Morgan fingerprint density at radius 3 is 2.67 bits per heavy atom. The fraction of sp³-hybridized carbons (Fsp3) is 0.400. The fourth-order valence-electron chi connectivity index (χ4n) is 4.75. The van der Waals surface area contributed by atoms with Crippen LogP contribution in [0, 0.1) is 0 Å². The van der Waals surface area contributed by atoms with Crippen molar-refractivity contribution in [2.45, 2.75) is 13.1 Å². The van der Waals surface area contributed by atoms with Gasteiger partial charge in [-0.1, -0.05) is 23.7 Å². The molecule has 0 saturated carbocycles. The summed E-state index contributed by atoms with van der Waals surface area (Å²) in [5.41, 5.74) is 5.72. The number of amides is 1. The molecule has 3 N–H and O–H groups in total. The number of fused-ring (bicyclic) bond motifs is 2. The van der Waals surface area contributed by atoms with Crippen molar-refractivity contribution in [2.75, 3.05) is 52.5 Å². The molecule has 2 aliphatic rings. The predicted molar refractivity (Wildman–Crippen MR) is 130 cm³/mol. The lowest BCUT2D eigenvalue weighted by molar-refractivity contribution is 0.0564. The highest BCUT2D eigenvalue weighted by atomic mass is 35.5. The van der Waals surface area contributed by atoms with Crippen LogP contribution in [0.2, 0.25) is 5.02 Å². The number of ether oxygens (including phenoxy) is 1. The molecule has 2 aliphatic heterocycles. The van der Waals surface area contributed by atoms with Crippen molar-refractivity contribution in [2.24, 2.45) is 0 Å². The van der Waals surface area contributed by atoms with Crippen LogP contribution in [0.25, 0.3) is 22.2 Å². The fourth-order valence-corrected chi connectivity index (χ4v) is 4.98. The molecule has 174 valence electrons. The molecule has 0 atom stereocenters. The molecular formula is C25H29ClN4O3. The average molecular weight is 469 g/mol. The van der Waals surface area contributed by atoms with Crippen LogP contribution in [0.4, 0.5) is 0 Å². The molecule has 1 aromatic heterocycles. The van der Waals surface area contributed by atoms with Crippen LogP contribution in [-0.4, -0.2) is 78.3 Å². The van der Waals surface area contributed by atoms with Gasteiger partial charge in [-0.05, 0) is 29.8 Å². The highest BCUT2D eigenvalue weighted by Crippen LogP contribution is 2.34. The minimum absolute atomic E-state index is 0.0686. The van der Waals surface area contributed by atoms with Gasteiger partial charge in [-0.15, -0.1) is 0 Å². The second kappa shape index (κ2) is 9.83. The largest absolute Gasteiger partial charge is 0.394 e. The molecule has 0 radical (unpaired) electrons. The predicted octanol–water partition coefficient (Wildman–Crippen LogP) is 2.86. The van der Waals surface area contributed by atoms with Crippen molar-refractivity contribution in [3.63, 3.8) is 0 Å². The molecule has 7 nitrogen and oxygen atoms in total. The normalized spacial score (nSPS) is 17.0. The third-order valence-electron chi connectivity index (χ3n) is 6.54. The number of aliphatic hydroxyl groups is 1. The summed E-state index contributed by atoms with van der Waals surface area (Å²) in [6.45, 7) is 7.60. The number of piperazine rings is 1. The molecule has 1 saturated heterocycles. The van der Waals surface area contributed by atoms with E-state index in [9.17, 15) is 4.79 Å². The van der Waals surface area contributed by atoms with Gasteiger partial charge in [0, 0.05) is 78.6 Å². The number of carbonyl (C=O) groups is 1. The van der Waals surface area contributed by atoms with Crippen molar-refractivity contribution in [3.05, 3.63) is 58.1 Å². The summed E-state index contributed by atoms with van der Waals surface area (Å²) < 4.78 is 5.38. The zero-order chi connectivity index (χ0) is 22.8. The lowest BCUT2D eigenvalue weighted by Gasteiger charge is -2.34. The molecule has 0 aliphatic carbocycles. The standard InChI is InChI=1S/C25H29ClN4O3/c26-21-3-2-19(24-20(21)15-27-25(24)32)23-14-18-13-17(1-4-22(18)28-23)16-30-7-5-29(6-8-30)9-11-33-12-10-31/h1-4,13-14,28,31H,5-12,15-16H2,(H,27,32). The molecule has 8 heteroatoms. The number of nitrogens with one attached hydrogen (secondary N) is 2. The minimum atomic E-state index is -0.0686. The van der Waals surface area contributed by atoms with E-state index in [0.29, 0.717) is 30.3 Å². The van der Waals surface area contributed by atoms with Crippen LogP contribution in [-0.2, 0) is 17.8 Å². The Labute approximate surface area is 198 Å². The number of H-pyrrole nitrogens is 1. The first-order chi connectivity index (χ1) is 16.1. The van der Waals surface area contributed by atoms with E-state index in [0.717, 1.165) is 67.0 Å². The van der Waals surface area contributed by atoms with Gasteiger partial charge in [0.2, 0.25) is 0 Å². The van der Waals surface area contributed by atoms with Gasteiger partial charge >= 0.3 is 0 Å². The first-order valence-corrected chi connectivity index (χ1v) is 11.8. The zero-order valence-corrected chi connectivity index (χ0v) is 19.3. The Balaban J connectivity index is 1.26. The van der Waals surface area contributed by atoms with E-state index < -0.39 is 0 Å². The Kier molecular flexibility index (Phi) is 6.66. The van der Waals surface area contributed by atoms with E-state index in [1.54, 1.807) is 0 Å². The van der Waals surface area contributed by atoms with Crippen LogP contribution >= 0.6 is 11.6 Å². The number of aliphatic hydroxyl groups excluding tert-OH is 1. The van der Waals surface area contributed by atoms with Gasteiger partial charge in [-0.2, -0.15) is 0 Å². The molecule has 33 heavy (non-hydrogen) atoms. The summed E-state index contributed by atoms with van der Waals surface area (Å²) in [4.78, 5) is 20.8. The second-order valence-electron chi connectivity index (χ2n) is 8.69. The van der Waals surface area contributed by atoms with E-state index in [1.807, 2.05) is 12.1 Å². The summed E-state index contributed by atoms with van der Waals surface area (Å²) in [6, 6.07) is 12.5. The molecule has 0 bridgehead atoms. The Hall–Kier alpha value is -2.42. The summed E-state index contributed by atoms with van der Waals surface area (Å²) in [6.07, 6.45) is 0. The van der Waals surface area contributed by atoms with Crippen LogP contribution < -0.4 is 5.32 Å². The Bertz CT molecular complexity index is 1150. The van der Waals surface area contributed by atoms with E-state index in [2.05, 4.69) is 44.4 Å². The van der Waals surface area contributed by atoms with Gasteiger partial charge in [-0.3, -0.25) is 14.6 Å². The molecule has 2 aromatic carbocycles. The maximum absolute atomic E-state index is 12.4. The third kappa shape index (κ3) is 4.78. The summed E-state index contributed by atoms with van der Waals surface area (Å²) in [5.74, 6) is -0.0686. The van der Waals surface area contributed by atoms with Crippen LogP contribution in [0.1, 0.15) is 21.5 Å². The number of halogens is 1. The van der Waals surface area contributed by atoms with Gasteiger partial charge in [0.05, 0.1) is 25.4 Å². The monoisotopic (exact) mass is 468 g/mol. The van der Waals surface area contributed by atoms with Crippen LogP contribution in [0.5, 0.6) is 0 Å². The molecule has 0 unspecified atom stereocenters. The van der Waals surface area contributed by atoms with Gasteiger partial charge in [0.15, 0.2) is 0 Å². The van der Waals surface area contributed by atoms with Crippen molar-refractivity contribution in [1.29, 1.82) is 0 Å². The van der Waals surface area contributed by atoms with E-state index >= 15 is 0 Å². The lowest BCUT2D eigenvalue weighted by atomic mass is 10.0. The average Bonchev–Trinajstić information content (AvgIpc) is 3.42. The smallest absolute Gasteiger partial charge is 0.252 e. The molecule has 1 amide bonds. The van der Waals surface area contributed by atoms with Gasteiger partial charge in [0.25, 0.3) is 5.91 Å². The summed E-state index contributed by atoms with van der Waals surface area (Å²) in [7, 11) is 0. The minimum Gasteiger partial charge on any atom is -0.394 e. The zero-order valence-electron chi connectivity index (χ0n) is 18.6. The summed E-state index contributed by atoms with van der Waals surface area (Å²) in [5, 5.41) is 13.4. The van der Waals surface area contributed by atoms with Gasteiger partial charge in [0.1, 0.15) is 0 Å². The van der Waals surface area contributed by atoms with E-state index in [4.69, 9.17) is 21.4 Å². The number of carbonyl (C=O) groups excluding carboxylic acids is 1. The van der Waals surface area contributed by atoms with Crippen molar-refractivity contribution in [1.82, 2.24) is 20.1 Å². The number of aromatic amines is 1. The van der Waals surface area contributed by atoms with Crippen LogP contribution in [0.3, 0.4) is 0 Å². The molecule has 3 heterocycles. The van der Waals surface area contributed by atoms with Gasteiger partial charge in [-0.25, -0.2) is 0 Å². The number of hydrogen-bond donors (Lipinski definition) is 3. The lowest BCUT2D eigenvalue weighted by Crippen LogP contribution is -2.46. The number of benzene rings is 2. The third-order valence-corrected chi connectivity index (χ3v) is 6.90. The highest BCUT2D eigenvalue weighted by molar-refractivity contribution is 6.32. The molecule has 1 fully saturated rings.